The Morgan fingerprint density at radius 1 is 1.08 bits per heavy atom. The number of hydrogen-bond acceptors (Lipinski definition) is 4. The Morgan fingerprint density at radius 2 is 1.86 bits per heavy atom. The molecule has 0 N–H and O–H groups in total. The van der Waals surface area contributed by atoms with E-state index in [-0.39, 0.29) is 29.2 Å². The second kappa shape index (κ2) is 12.9. The Balaban J connectivity index is 0.00000320. The smallest absolute Gasteiger partial charge is 0.410 e. The van der Waals surface area contributed by atoms with Gasteiger partial charge in [0.25, 0.3) is 0 Å². The van der Waals surface area contributed by atoms with E-state index in [0.717, 1.165) is 23.9 Å². The lowest BCUT2D eigenvalue weighted by Gasteiger charge is -2.52. The number of rotatable bonds is 10. The van der Waals surface area contributed by atoms with Crippen molar-refractivity contribution in [3.8, 4) is 0 Å². The first kappa shape index (κ1) is 28.3. The fourth-order valence-electron chi connectivity index (χ4n) is 6.07. The van der Waals surface area contributed by atoms with Crippen LogP contribution in [0.4, 0.5) is 4.79 Å². The van der Waals surface area contributed by atoms with Crippen LogP contribution >= 0.6 is 39.7 Å². The van der Waals surface area contributed by atoms with E-state index in [0.29, 0.717) is 19.0 Å². The molecule has 4 nitrogen and oxygen atoms in total. The van der Waals surface area contributed by atoms with Crippen molar-refractivity contribution >= 4 is 45.7 Å². The van der Waals surface area contributed by atoms with Crippen LogP contribution in [0.25, 0.3) is 0 Å². The van der Waals surface area contributed by atoms with E-state index >= 15 is 0 Å². The molecule has 3 fully saturated rings. The number of hydrogen-bond donors (Lipinski definition) is 0. The van der Waals surface area contributed by atoms with Crippen molar-refractivity contribution in [3.05, 3.63) is 79.7 Å². The number of thiophene rings is 2. The van der Waals surface area contributed by atoms with Gasteiger partial charge in [-0.15, -0.1) is 39.7 Å². The molecule has 2 aromatic heterocycles. The molecule has 200 valence electrons. The fraction of sp³-hybridized carbons (Fsp3) is 0.500. The van der Waals surface area contributed by atoms with Gasteiger partial charge in [0.2, 0.25) is 0 Å². The van der Waals surface area contributed by atoms with Crippen LogP contribution in [0.5, 0.6) is 0 Å². The summed E-state index contributed by atoms with van der Waals surface area (Å²) in [6, 6.07) is 17.3. The number of halogens is 1. The van der Waals surface area contributed by atoms with E-state index in [1.165, 1.54) is 64.7 Å². The molecule has 3 saturated heterocycles. The molecule has 3 aliphatic rings. The zero-order valence-corrected chi connectivity index (χ0v) is 25.4. The van der Waals surface area contributed by atoms with Gasteiger partial charge in [0.05, 0.1) is 32.7 Å². The predicted molar refractivity (Wildman–Crippen MR) is 160 cm³/mol. The number of piperidine rings is 3. The molecule has 5 heterocycles. The maximum atomic E-state index is 13.6. The fourth-order valence-corrected chi connectivity index (χ4v) is 7.97. The third kappa shape index (κ3) is 7.05. The monoisotopic (exact) mass is 603 g/mol. The lowest BCUT2D eigenvalue weighted by molar-refractivity contribution is -0.946. The number of benzene rings is 1. The van der Waals surface area contributed by atoms with Crippen LogP contribution in [0.15, 0.2) is 53.9 Å². The zero-order valence-electron chi connectivity index (χ0n) is 22.1. The standard InChI is InChI=1S/C30H39N2O2S2.BrH/c1-3-25-15-19-35-29(25)21-31(20-27-12-11-23(2)36-27)30(33)34-28-22-32(17-13-26(28)14-18-32)16-7-10-24-8-5-4-6-9-24;/h4-6,8-9,11-12,15,19,26,28H,3,7,10,13-14,16-18,20-22H2,1-2H3;1H/q+1;/t26?,28-,32?;/m0./s1. The van der Waals surface area contributed by atoms with Crippen molar-refractivity contribution < 1.29 is 14.0 Å². The third-order valence-corrected chi connectivity index (χ3v) is 10.1. The molecule has 1 aromatic carbocycles. The second-order valence-electron chi connectivity index (χ2n) is 10.6. The van der Waals surface area contributed by atoms with Crippen LogP contribution < -0.4 is 0 Å². The number of aryl methyl sites for hydroxylation is 3. The first-order valence-corrected chi connectivity index (χ1v) is 15.2. The SMILES string of the molecule is Br.CCc1ccsc1CN(Cc1ccc(C)s1)C(=O)O[C@H]1C[N+]2(CCCc3ccccc3)CCC1CC2. The van der Waals surface area contributed by atoms with Crippen molar-refractivity contribution in [1.82, 2.24) is 4.90 Å². The van der Waals surface area contributed by atoms with Gasteiger partial charge in [-0.05, 0) is 54.5 Å². The molecule has 1 amide bonds. The van der Waals surface area contributed by atoms with Gasteiger partial charge in [0.15, 0.2) is 6.10 Å². The summed E-state index contributed by atoms with van der Waals surface area (Å²) in [5.41, 5.74) is 2.76. The average Bonchev–Trinajstić information content (AvgIpc) is 3.53. The quantitative estimate of drug-likeness (QED) is 0.223. The first-order valence-electron chi connectivity index (χ1n) is 13.5. The molecule has 7 heteroatoms. The molecule has 0 radical (unpaired) electrons. The molecule has 0 aliphatic carbocycles. The summed E-state index contributed by atoms with van der Waals surface area (Å²) in [5, 5.41) is 2.14. The van der Waals surface area contributed by atoms with Crippen molar-refractivity contribution in [2.75, 3.05) is 26.2 Å². The molecule has 0 spiro atoms. The number of nitrogens with zero attached hydrogens (tertiary/aromatic N) is 2. The van der Waals surface area contributed by atoms with Gasteiger partial charge in [-0.1, -0.05) is 37.3 Å². The minimum Gasteiger partial charge on any atom is -0.440 e. The Kier molecular flexibility index (Phi) is 9.90. The highest BCUT2D eigenvalue weighted by molar-refractivity contribution is 8.93. The molecule has 1 atom stereocenters. The Morgan fingerprint density at radius 3 is 2.57 bits per heavy atom. The van der Waals surface area contributed by atoms with Gasteiger partial charge in [-0.3, -0.25) is 4.90 Å². The second-order valence-corrected chi connectivity index (χ2v) is 13.0. The van der Waals surface area contributed by atoms with Gasteiger partial charge in [0.1, 0.15) is 6.54 Å². The minimum atomic E-state index is -0.141. The molecule has 2 bridgehead atoms. The summed E-state index contributed by atoms with van der Waals surface area (Å²) < 4.78 is 7.48. The molecular formula is C30H40BrN2O2S2+. The van der Waals surface area contributed by atoms with Crippen LogP contribution in [-0.2, 0) is 30.7 Å². The van der Waals surface area contributed by atoms with E-state index in [1.807, 2.05) is 4.90 Å². The Hall–Kier alpha value is -1.67. The number of quaternary nitrogens is 1. The molecule has 0 saturated carbocycles. The number of carbonyl (C=O) groups is 1. The third-order valence-electron chi connectivity index (χ3n) is 8.19. The minimum absolute atomic E-state index is 0. The lowest BCUT2D eigenvalue weighted by Crippen LogP contribution is -2.65. The van der Waals surface area contributed by atoms with E-state index < -0.39 is 0 Å². The molecule has 0 unspecified atom stereocenters. The molecule has 3 aromatic rings. The van der Waals surface area contributed by atoms with Crippen LogP contribution in [-0.4, -0.2) is 47.8 Å². The first-order chi connectivity index (χ1) is 17.5. The maximum Gasteiger partial charge on any atom is 0.410 e. The van der Waals surface area contributed by atoms with E-state index in [1.54, 1.807) is 22.7 Å². The summed E-state index contributed by atoms with van der Waals surface area (Å²) in [4.78, 5) is 19.4. The summed E-state index contributed by atoms with van der Waals surface area (Å²) in [5.74, 6) is 0.516. The van der Waals surface area contributed by atoms with E-state index in [2.05, 4.69) is 67.8 Å². The number of ether oxygens (including phenoxy) is 1. The van der Waals surface area contributed by atoms with Crippen molar-refractivity contribution in [1.29, 1.82) is 0 Å². The highest BCUT2D eigenvalue weighted by atomic mass is 79.9. The molecule has 37 heavy (non-hydrogen) atoms. The van der Waals surface area contributed by atoms with Gasteiger partial charge >= 0.3 is 6.09 Å². The normalized spacial score (nSPS) is 22.4. The molecule has 6 rings (SSSR count). The van der Waals surface area contributed by atoms with E-state index in [4.69, 9.17) is 4.74 Å². The largest absolute Gasteiger partial charge is 0.440 e. The van der Waals surface area contributed by atoms with Crippen molar-refractivity contribution in [2.24, 2.45) is 5.92 Å². The zero-order chi connectivity index (χ0) is 25.0. The topological polar surface area (TPSA) is 29.5 Å². The van der Waals surface area contributed by atoms with Crippen molar-refractivity contribution in [3.63, 3.8) is 0 Å². The van der Waals surface area contributed by atoms with Gasteiger partial charge in [-0.2, -0.15) is 0 Å². The summed E-state index contributed by atoms with van der Waals surface area (Å²) in [6.45, 7) is 10.2. The maximum absolute atomic E-state index is 13.6. The summed E-state index contributed by atoms with van der Waals surface area (Å²) in [7, 11) is 0. The highest BCUT2D eigenvalue weighted by Crippen LogP contribution is 2.36. The molecular weight excluding hydrogens is 564 g/mol. The van der Waals surface area contributed by atoms with Crippen LogP contribution in [0.1, 0.15) is 51.9 Å². The predicted octanol–water partition coefficient (Wildman–Crippen LogP) is 7.64. The van der Waals surface area contributed by atoms with Crippen LogP contribution in [0.2, 0.25) is 0 Å². The Labute approximate surface area is 240 Å². The summed E-state index contributed by atoms with van der Waals surface area (Å²) >= 11 is 3.52. The number of fused-ring (bicyclic) bond motifs is 3. The lowest BCUT2D eigenvalue weighted by atomic mass is 9.83. The van der Waals surface area contributed by atoms with E-state index in [9.17, 15) is 4.79 Å². The van der Waals surface area contributed by atoms with Gasteiger partial charge in [-0.25, -0.2) is 4.79 Å². The van der Waals surface area contributed by atoms with Crippen LogP contribution in [0.3, 0.4) is 0 Å². The Bertz CT molecular complexity index is 1140. The van der Waals surface area contributed by atoms with Crippen LogP contribution in [0, 0.1) is 12.8 Å². The van der Waals surface area contributed by atoms with Crippen molar-refractivity contribution in [2.45, 2.75) is 65.1 Å². The van der Waals surface area contributed by atoms with Gasteiger partial charge < -0.3 is 9.22 Å². The van der Waals surface area contributed by atoms with Gasteiger partial charge in [0, 0.05) is 39.8 Å². The number of amides is 1. The summed E-state index contributed by atoms with van der Waals surface area (Å²) in [6.07, 6.45) is 5.57. The highest BCUT2D eigenvalue weighted by Gasteiger charge is 2.47. The number of carbonyl (C=O) groups excluding carboxylic acids is 1. The average molecular weight is 605 g/mol. The molecule has 3 aliphatic heterocycles.